The number of ether oxygens (including phenoxy) is 2. The van der Waals surface area contributed by atoms with Gasteiger partial charge in [-0.3, -0.25) is 0 Å². The highest BCUT2D eigenvalue weighted by Crippen LogP contribution is 2.41. The van der Waals surface area contributed by atoms with Gasteiger partial charge in [-0.2, -0.15) is 0 Å². The predicted octanol–water partition coefficient (Wildman–Crippen LogP) is 5.51. The molecule has 0 amide bonds. The quantitative estimate of drug-likeness (QED) is 0.437. The third kappa shape index (κ3) is 4.76. The van der Waals surface area contributed by atoms with Gasteiger partial charge >= 0.3 is 5.97 Å². The van der Waals surface area contributed by atoms with E-state index in [2.05, 4.69) is 38.6 Å². The Morgan fingerprint density at radius 1 is 1.07 bits per heavy atom. The Morgan fingerprint density at radius 3 is 2.10 bits per heavy atom. The van der Waals surface area contributed by atoms with Gasteiger partial charge in [0.05, 0.1) is 12.7 Å². The minimum atomic E-state index is -0.675. The number of esters is 1. The number of hydrogen-bond donors (Lipinski definition) is 1. The molecule has 1 N–H and O–H groups in total. The van der Waals surface area contributed by atoms with Crippen LogP contribution in [0.4, 0.5) is 0 Å². The zero-order valence-corrected chi connectivity index (χ0v) is 19.0. The molecular weight excluding hydrogens is 376 g/mol. The standard InChI is InChI=1S/C26H34O4/c1-8-26(9-2,20-10-12-22(18(5)14-20)25(28)29-7)21-11-13-24(19(6)15-21)30-16-23(27)17(3)4/h10-15,23,27H,3,8-9,16H2,1-2,4-7H3. The van der Waals surface area contributed by atoms with Gasteiger partial charge in [0.1, 0.15) is 18.5 Å². The molecule has 2 aromatic rings. The molecule has 162 valence electrons. The molecule has 30 heavy (non-hydrogen) atoms. The third-order valence-corrected chi connectivity index (χ3v) is 6.08. The van der Waals surface area contributed by atoms with E-state index in [-0.39, 0.29) is 18.0 Å². The van der Waals surface area contributed by atoms with Gasteiger partial charge in [-0.25, -0.2) is 4.79 Å². The minimum absolute atomic E-state index is 0.167. The maximum Gasteiger partial charge on any atom is 0.338 e. The molecule has 0 heterocycles. The van der Waals surface area contributed by atoms with Crippen molar-refractivity contribution in [3.05, 3.63) is 76.4 Å². The van der Waals surface area contributed by atoms with Gasteiger partial charge in [0, 0.05) is 5.41 Å². The normalized spacial score (nSPS) is 12.4. The largest absolute Gasteiger partial charge is 0.490 e. The fraction of sp³-hybridized carbons (Fsp3) is 0.423. The number of aliphatic hydroxyl groups excluding tert-OH is 1. The molecule has 0 aliphatic heterocycles. The Labute approximate surface area is 180 Å². The summed E-state index contributed by atoms with van der Waals surface area (Å²) in [7, 11) is 1.40. The van der Waals surface area contributed by atoms with E-state index in [1.54, 1.807) is 6.92 Å². The molecule has 0 fully saturated rings. The van der Waals surface area contributed by atoms with Crippen LogP contribution in [-0.2, 0) is 10.2 Å². The van der Waals surface area contributed by atoms with Crippen molar-refractivity contribution in [2.45, 2.75) is 59.0 Å². The summed E-state index contributed by atoms with van der Waals surface area (Å²) in [5, 5.41) is 9.94. The van der Waals surface area contributed by atoms with Gasteiger partial charge in [0.15, 0.2) is 0 Å². The summed E-state index contributed by atoms with van der Waals surface area (Å²) in [6, 6.07) is 12.2. The molecule has 0 aliphatic rings. The second-order valence-electron chi connectivity index (χ2n) is 7.96. The second-order valence-corrected chi connectivity index (χ2v) is 7.96. The number of carbonyl (C=O) groups is 1. The van der Waals surface area contributed by atoms with E-state index >= 15 is 0 Å². The Hall–Kier alpha value is -2.59. The molecule has 0 bridgehead atoms. The molecule has 0 aliphatic carbocycles. The monoisotopic (exact) mass is 410 g/mol. The van der Waals surface area contributed by atoms with Crippen molar-refractivity contribution >= 4 is 5.97 Å². The van der Waals surface area contributed by atoms with E-state index in [1.165, 1.54) is 18.2 Å². The van der Waals surface area contributed by atoms with Crippen molar-refractivity contribution in [3.63, 3.8) is 0 Å². The lowest BCUT2D eigenvalue weighted by atomic mass is 9.70. The lowest BCUT2D eigenvalue weighted by Crippen LogP contribution is -2.27. The van der Waals surface area contributed by atoms with Crippen molar-refractivity contribution in [1.82, 2.24) is 0 Å². The van der Waals surface area contributed by atoms with Crippen LogP contribution in [-0.4, -0.2) is 30.9 Å². The average Bonchev–Trinajstić information content (AvgIpc) is 2.73. The van der Waals surface area contributed by atoms with Crippen molar-refractivity contribution in [1.29, 1.82) is 0 Å². The van der Waals surface area contributed by atoms with Gasteiger partial charge in [-0.1, -0.05) is 44.7 Å². The van der Waals surface area contributed by atoms with E-state index in [9.17, 15) is 9.90 Å². The topological polar surface area (TPSA) is 55.8 Å². The van der Waals surface area contributed by atoms with Crippen LogP contribution >= 0.6 is 0 Å². The van der Waals surface area contributed by atoms with Crippen LogP contribution in [0.25, 0.3) is 0 Å². The fourth-order valence-electron chi connectivity index (χ4n) is 3.95. The first-order chi connectivity index (χ1) is 14.2. The summed E-state index contributed by atoms with van der Waals surface area (Å²) in [5.41, 5.74) is 5.45. The number of aryl methyl sites for hydroxylation is 2. The maximum absolute atomic E-state index is 12.0. The summed E-state index contributed by atoms with van der Waals surface area (Å²) >= 11 is 0. The predicted molar refractivity (Wildman–Crippen MR) is 121 cm³/mol. The number of carbonyl (C=O) groups excluding carboxylic acids is 1. The van der Waals surface area contributed by atoms with Crippen molar-refractivity contribution in [3.8, 4) is 5.75 Å². The number of hydrogen-bond acceptors (Lipinski definition) is 4. The number of rotatable bonds is 9. The molecule has 4 heteroatoms. The van der Waals surface area contributed by atoms with Gasteiger partial charge in [0.25, 0.3) is 0 Å². The first kappa shape index (κ1) is 23.7. The summed E-state index contributed by atoms with van der Waals surface area (Å²) in [5.74, 6) is 0.448. The summed E-state index contributed by atoms with van der Waals surface area (Å²) < 4.78 is 10.7. The van der Waals surface area contributed by atoms with Crippen LogP contribution in [0.5, 0.6) is 5.75 Å². The molecule has 2 rings (SSSR count). The summed E-state index contributed by atoms with van der Waals surface area (Å²) in [6.45, 7) is 14.1. The highest BCUT2D eigenvalue weighted by Gasteiger charge is 2.31. The van der Waals surface area contributed by atoms with Gasteiger partial charge < -0.3 is 14.6 Å². The lowest BCUT2D eigenvalue weighted by Gasteiger charge is -2.34. The molecule has 0 saturated carbocycles. The van der Waals surface area contributed by atoms with E-state index in [4.69, 9.17) is 9.47 Å². The molecule has 0 aromatic heterocycles. The van der Waals surface area contributed by atoms with Crippen molar-refractivity contribution in [2.24, 2.45) is 0 Å². The number of benzene rings is 2. The van der Waals surface area contributed by atoms with Crippen LogP contribution in [0, 0.1) is 13.8 Å². The Bertz CT molecular complexity index is 909. The molecule has 0 spiro atoms. The smallest absolute Gasteiger partial charge is 0.338 e. The third-order valence-electron chi connectivity index (χ3n) is 6.08. The summed E-state index contributed by atoms with van der Waals surface area (Å²) in [6.07, 6.45) is 1.18. The van der Waals surface area contributed by atoms with Crippen LogP contribution in [0.1, 0.15) is 66.2 Å². The summed E-state index contributed by atoms with van der Waals surface area (Å²) in [4.78, 5) is 12.0. The van der Waals surface area contributed by atoms with Crippen LogP contribution in [0.2, 0.25) is 0 Å². The molecule has 0 radical (unpaired) electrons. The Balaban J connectivity index is 2.42. The molecular formula is C26H34O4. The van der Waals surface area contributed by atoms with E-state index in [0.717, 1.165) is 29.7 Å². The zero-order chi connectivity index (χ0) is 22.5. The van der Waals surface area contributed by atoms with Crippen molar-refractivity contribution < 1.29 is 19.4 Å². The van der Waals surface area contributed by atoms with Crippen LogP contribution in [0.15, 0.2) is 48.6 Å². The average molecular weight is 411 g/mol. The van der Waals surface area contributed by atoms with Crippen LogP contribution in [0.3, 0.4) is 0 Å². The first-order valence-electron chi connectivity index (χ1n) is 10.5. The maximum atomic E-state index is 12.0. The Morgan fingerprint density at radius 2 is 1.63 bits per heavy atom. The highest BCUT2D eigenvalue weighted by molar-refractivity contribution is 5.91. The first-order valence-corrected chi connectivity index (χ1v) is 10.5. The molecule has 4 nitrogen and oxygen atoms in total. The van der Waals surface area contributed by atoms with E-state index in [0.29, 0.717) is 11.1 Å². The molecule has 1 unspecified atom stereocenters. The second kappa shape index (κ2) is 9.94. The van der Waals surface area contributed by atoms with Gasteiger partial charge in [-0.05, 0) is 73.6 Å². The van der Waals surface area contributed by atoms with Gasteiger partial charge in [-0.15, -0.1) is 0 Å². The zero-order valence-electron chi connectivity index (χ0n) is 19.0. The molecule has 2 aromatic carbocycles. The van der Waals surface area contributed by atoms with Crippen molar-refractivity contribution in [2.75, 3.05) is 13.7 Å². The minimum Gasteiger partial charge on any atom is -0.490 e. The lowest BCUT2D eigenvalue weighted by molar-refractivity contribution is 0.0600. The van der Waals surface area contributed by atoms with E-state index in [1.807, 2.05) is 32.0 Å². The Kier molecular flexibility index (Phi) is 7.85. The molecule has 1 atom stereocenters. The highest BCUT2D eigenvalue weighted by atomic mass is 16.5. The fourth-order valence-corrected chi connectivity index (χ4v) is 3.95. The number of aliphatic hydroxyl groups is 1. The number of methoxy groups -OCH3 is 1. The molecule has 0 saturated heterocycles. The van der Waals surface area contributed by atoms with E-state index < -0.39 is 6.10 Å². The van der Waals surface area contributed by atoms with Crippen LogP contribution < -0.4 is 4.74 Å². The van der Waals surface area contributed by atoms with Gasteiger partial charge in [0.2, 0.25) is 0 Å². The SMILES string of the molecule is C=C(C)C(O)COc1ccc(C(CC)(CC)c2ccc(C(=O)OC)c(C)c2)cc1C.